The third kappa shape index (κ3) is 3.71. The quantitative estimate of drug-likeness (QED) is 0.595. The van der Waals surface area contributed by atoms with Gasteiger partial charge in [-0.25, -0.2) is 9.67 Å². The molecule has 0 saturated carbocycles. The number of nitrogens with one attached hydrogen (secondary N) is 1. The zero-order valence-corrected chi connectivity index (χ0v) is 11.2. The minimum Gasteiger partial charge on any atom is -0.492 e. The van der Waals surface area contributed by atoms with Gasteiger partial charge < -0.3 is 15.8 Å². The number of amides is 1. The molecule has 1 heterocycles. The van der Waals surface area contributed by atoms with Gasteiger partial charge in [-0.05, 0) is 19.1 Å². The number of hydrogen-bond acceptors (Lipinski definition) is 5. The van der Waals surface area contributed by atoms with Gasteiger partial charge in [0.2, 0.25) is 5.91 Å². The maximum atomic E-state index is 11.8. The second-order valence-electron chi connectivity index (χ2n) is 4.26. The minimum atomic E-state index is -0.398. The molecule has 106 valence electrons. The Hall–Kier alpha value is -2.57. The van der Waals surface area contributed by atoms with Gasteiger partial charge in [0, 0.05) is 11.8 Å². The van der Waals surface area contributed by atoms with Crippen molar-refractivity contribution in [1.29, 1.82) is 0 Å². The predicted octanol–water partition coefficient (Wildman–Crippen LogP) is 0.616. The van der Waals surface area contributed by atoms with Gasteiger partial charge in [-0.15, -0.1) is 0 Å². The van der Waals surface area contributed by atoms with Gasteiger partial charge in [-0.1, -0.05) is 6.07 Å². The summed E-state index contributed by atoms with van der Waals surface area (Å²) in [6, 6.07) is 6.76. The molecule has 0 saturated heterocycles. The number of rotatable bonds is 6. The highest BCUT2D eigenvalue weighted by molar-refractivity contribution is 5.79. The average Bonchev–Trinajstić information content (AvgIpc) is 2.96. The number of nitrogens with zero attached hydrogens (tertiary/aromatic N) is 3. The van der Waals surface area contributed by atoms with Crippen molar-refractivity contribution in [2.75, 3.05) is 18.9 Å². The molecule has 3 N–H and O–H groups in total. The van der Waals surface area contributed by atoms with Crippen LogP contribution >= 0.6 is 0 Å². The Balaban J connectivity index is 1.72. The minimum absolute atomic E-state index is 0.133. The van der Waals surface area contributed by atoms with Crippen molar-refractivity contribution >= 4 is 11.6 Å². The number of carbonyl (C=O) groups is 1. The maximum absolute atomic E-state index is 11.8. The summed E-state index contributed by atoms with van der Waals surface area (Å²) >= 11 is 0. The first kappa shape index (κ1) is 13.9. The second kappa shape index (κ2) is 6.55. The highest BCUT2D eigenvalue weighted by atomic mass is 16.5. The zero-order chi connectivity index (χ0) is 14.4. The van der Waals surface area contributed by atoms with E-state index >= 15 is 0 Å². The molecular formula is C13H17N5O2. The number of hydrogen-bond donors (Lipinski definition) is 2. The van der Waals surface area contributed by atoms with Crippen molar-refractivity contribution in [3.8, 4) is 5.75 Å². The largest absolute Gasteiger partial charge is 0.492 e. The topological polar surface area (TPSA) is 95.1 Å². The van der Waals surface area contributed by atoms with E-state index in [1.165, 1.54) is 17.3 Å². The molecule has 0 aliphatic rings. The van der Waals surface area contributed by atoms with Crippen LogP contribution in [0.3, 0.4) is 0 Å². The van der Waals surface area contributed by atoms with Crippen LogP contribution in [0.25, 0.3) is 0 Å². The van der Waals surface area contributed by atoms with Gasteiger partial charge in [0.15, 0.2) is 0 Å². The third-order valence-electron chi connectivity index (χ3n) is 2.74. The third-order valence-corrected chi connectivity index (χ3v) is 2.74. The Bertz CT molecular complexity index is 556. The number of nitrogen functional groups attached to an aromatic ring is 1. The summed E-state index contributed by atoms with van der Waals surface area (Å²) < 4.78 is 6.97. The van der Waals surface area contributed by atoms with Gasteiger partial charge in [-0.3, -0.25) is 4.79 Å². The Labute approximate surface area is 116 Å². The van der Waals surface area contributed by atoms with Gasteiger partial charge in [-0.2, -0.15) is 5.10 Å². The lowest BCUT2D eigenvalue weighted by molar-refractivity contribution is -0.124. The van der Waals surface area contributed by atoms with Crippen molar-refractivity contribution in [3.63, 3.8) is 0 Å². The first-order valence-electron chi connectivity index (χ1n) is 6.27. The normalized spacial score (nSPS) is 11.8. The molecular weight excluding hydrogens is 258 g/mol. The van der Waals surface area contributed by atoms with E-state index < -0.39 is 6.04 Å². The SMILES string of the molecule is CC(C(=O)NCCOc1cccc(N)c1)n1cncn1. The molecule has 7 heteroatoms. The summed E-state index contributed by atoms with van der Waals surface area (Å²) in [5.74, 6) is 0.551. The molecule has 0 aliphatic carbocycles. The van der Waals surface area contributed by atoms with Crippen LogP contribution in [0.4, 0.5) is 5.69 Å². The molecule has 0 spiro atoms. The first-order valence-corrected chi connectivity index (χ1v) is 6.27. The number of ether oxygens (including phenoxy) is 1. The Morgan fingerprint density at radius 3 is 3.10 bits per heavy atom. The molecule has 1 unspecified atom stereocenters. The Kier molecular flexibility index (Phi) is 4.54. The predicted molar refractivity (Wildman–Crippen MR) is 74.1 cm³/mol. The number of benzene rings is 1. The van der Waals surface area contributed by atoms with Crippen LogP contribution in [0, 0.1) is 0 Å². The van der Waals surface area contributed by atoms with Crippen LogP contribution in [0.5, 0.6) is 5.75 Å². The summed E-state index contributed by atoms with van der Waals surface area (Å²) in [6.07, 6.45) is 2.90. The van der Waals surface area contributed by atoms with Crippen LogP contribution in [-0.2, 0) is 4.79 Å². The molecule has 0 bridgehead atoms. The van der Waals surface area contributed by atoms with Crippen molar-refractivity contribution in [1.82, 2.24) is 20.1 Å². The van der Waals surface area contributed by atoms with E-state index in [1.807, 2.05) is 12.1 Å². The zero-order valence-electron chi connectivity index (χ0n) is 11.2. The summed E-state index contributed by atoms with van der Waals surface area (Å²) in [5.41, 5.74) is 6.28. The number of aromatic nitrogens is 3. The van der Waals surface area contributed by atoms with Crippen LogP contribution < -0.4 is 15.8 Å². The van der Waals surface area contributed by atoms with E-state index in [2.05, 4.69) is 15.4 Å². The van der Waals surface area contributed by atoms with Gasteiger partial charge in [0.1, 0.15) is 31.1 Å². The van der Waals surface area contributed by atoms with Crippen LogP contribution in [0.2, 0.25) is 0 Å². The molecule has 0 fully saturated rings. The molecule has 1 amide bonds. The molecule has 0 radical (unpaired) electrons. The van der Waals surface area contributed by atoms with Gasteiger partial charge >= 0.3 is 0 Å². The summed E-state index contributed by atoms with van der Waals surface area (Å²) in [5, 5.41) is 6.69. The molecule has 2 aromatic rings. The van der Waals surface area contributed by atoms with E-state index in [9.17, 15) is 4.79 Å². The lowest BCUT2D eigenvalue weighted by Gasteiger charge is -2.12. The fourth-order valence-corrected chi connectivity index (χ4v) is 1.63. The molecule has 1 aromatic heterocycles. The van der Waals surface area contributed by atoms with Crippen LogP contribution in [0.15, 0.2) is 36.9 Å². The Morgan fingerprint density at radius 2 is 2.40 bits per heavy atom. The number of carbonyl (C=O) groups excluding carboxylic acids is 1. The van der Waals surface area contributed by atoms with Gasteiger partial charge in [0.25, 0.3) is 0 Å². The lowest BCUT2D eigenvalue weighted by atomic mass is 10.3. The summed E-state index contributed by atoms with van der Waals surface area (Å²) in [4.78, 5) is 15.6. The molecule has 2 rings (SSSR count). The molecule has 0 aliphatic heterocycles. The van der Waals surface area contributed by atoms with E-state index in [0.717, 1.165) is 0 Å². The van der Waals surface area contributed by atoms with Crippen LogP contribution in [0.1, 0.15) is 13.0 Å². The highest BCUT2D eigenvalue weighted by Gasteiger charge is 2.14. The van der Waals surface area contributed by atoms with Crippen LogP contribution in [-0.4, -0.2) is 33.8 Å². The van der Waals surface area contributed by atoms with E-state index in [1.54, 1.807) is 19.1 Å². The molecule has 1 aromatic carbocycles. The van der Waals surface area contributed by atoms with Crippen molar-refractivity contribution in [2.45, 2.75) is 13.0 Å². The first-order chi connectivity index (χ1) is 9.66. The standard InChI is InChI=1S/C13H17N5O2/c1-10(18-9-15-8-17-18)13(19)16-5-6-20-12-4-2-3-11(14)7-12/h2-4,7-10H,5-6,14H2,1H3,(H,16,19). The number of nitrogens with two attached hydrogens (primary N) is 1. The number of anilines is 1. The van der Waals surface area contributed by atoms with Crippen molar-refractivity contribution < 1.29 is 9.53 Å². The van der Waals surface area contributed by atoms with Gasteiger partial charge in [0.05, 0.1) is 6.54 Å². The van der Waals surface area contributed by atoms with Crippen molar-refractivity contribution in [3.05, 3.63) is 36.9 Å². The fourth-order valence-electron chi connectivity index (χ4n) is 1.63. The van der Waals surface area contributed by atoms with Crippen molar-refractivity contribution in [2.24, 2.45) is 0 Å². The second-order valence-corrected chi connectivity index (χ2v) is 4.26. The van der Waals surface area contributed by atoms with E-state index in [0.29, 0.717) is 24.6 Å². The Morgan fingerprint density at radius 1 is 1.55 bits per heavy atom. The monoisotopic (exact) mass is 275 g/mol. The van der Waals surface area contributed by atoms with E-state index in [4.69, 9.17) is 10.5 Å². The fraction of sp³-hybridized carbons (Fsp3) is 0.308. The maximum Gasteiger partial charge on any atom is 0.244 e. The van der Waals surface area contributed by atoms with E-state index in [-0.39, 0.29) is 5.91 Å². The molecule has 20 heavy (non-hydrogen) atoms. The smallest absolute Gasteiger partial charge is 0.244 e. The highest BCUT2D eigenvalue weighted by Crippen LogP contribution is 2.13. The molecule has 1 atom stereocenters. The molecule has 7 nitrogen and oxygen atoms in total. The lowest BCUT2D eigenvalue weighted by Crippen LogP contribution is -2.34. The summed E-state index contributed by atoms with van der Waals surface area (Å²) in [6.45, 7) is 2.54. The average molecular weight is 275 g/mol. The summed E-state index contributed by atoms with van der Waals surface area (Å²) in [7, 11) is 0.